The van der Waals surface area contributed by atoms with E-state index in [9.17, 15) is 0 Å². The number of piperidine rings is 1. The highest BCUT2D eigenvalue weighted by molar-refractivity contribution is 7.08. The summed E-state index contributed by atoms with van der Waals surface area (Å²) in [6, 6.07) is 8.79. The highest BCUT2D eigenvalue weighted by atomic mass is 35.5. The molecule has 4 atom stereocenters. The molecule has 2 aromatic rings. The second-order valence-corrected chi connectivity index (χ2v) is 11.6. The molecular formula is C27H38Cl2N2OS. The summed E-state index contributed by atoms with van der Waals surface area (Å²) in [5.74, 6) is 2.01. The third kappa shape index (κ3) is 6.54. The molecule has 3 nitrogen and oxygen atoms in total. The van der Waals surface area contributed by atoms with E-state index >= 15 is 0 Å². The van der Waals surface area contributed by atoms with Gasteiger partial charge in [-0.25, -0.2) is 0 Å². The van der Waals surface area contributed by atoms with Gasteiger partial charge in [0.1, 0.15) is 0 Å². The molecule has 6 heteroatoms. The zero-order chi connectivity index (χ0) is 23.4. The van der Waals surface area contributed by atoms with Crippen molar-refractivity contribution in [3.05, 3.63) is 56.2 Å². The number of benzene rings is 1. The summed E-state index contributed by atoms with van der Waals surface area (Å²) in [6.07, 6.45) is 4.17. The zero-order valence-electron chi connectivity index (χ0n) is 20.2. The van der Waals surface area contributed by atoms with E-state index < -0.39 is 0 Å². The van der Waals surface area contributed by atoms with Gasteiger partial charge < -0.3 is 9.64 Å². The lowest BCUT2D eigenvalue weighted by atomic mass is 9.83. The largest absolute Gasteiger partial charge is 0.379 e. The third-order valence-corrected chi connectivity index (χ3v) is 9.07. The lowest BCUT2D eigenvalue weighted by Gasteiger charge is -2.40. The predicted molar refractivity (Wildman–Crippen MR) is 142 cm³/mol. The van der Waals surface area contributed by atoms with Crippen LogP contribution in [0.2, 0.25) is 10.0 Å². The van der Waals surface area contributed by atoms with E-state index in [2.05, 4.69) is 53.5 Å². The average molecular weight is 510 g/mol. The van der Waals surface area contributed by atoms with Crippen molar-refractivity contribution in [3.8, 4) is 0 Å². The van der Waals surface area contributed by atoms with E-state index in [-0.39, 0.29) is 0 Å². The molecule has 4 rings (SSSR count). The van der Waals surface area contributed by atoms with Crippen LogP contribution in [0.25, 0.3) is 0 Å². The topological polar surface area (TPSA) is 15.7 Å². The molecule has 2 fully saturated rings. The number of ether oxygens (including phenoxy) is 1. The molecule has 0 spiro atoms. The maximum absolute atomic E-state index is 6.51. The first kappa shape index (κ1) is 25.5. The number of nitrogens with zero attached hydrogens (tertiary/aromatic N) is 2. The van der Waals surface area contributed by atoms with E-state index in [0.717, 1.165) is 37.2 Å². The van der Waals surface area contributed by atoms with Crippen molar-refractivity contribution in [1.29, 1.82) is 0 Å². The Balaban J connectivity index is 1.40. The third-order valence-electron chi connectivity index (χ3n) is 7.78. The molecule has 0 amide bonds. The summed E-state index contributed by atoms with van der Waals surface area (Å²) in [6.45, 7) is 13.1. The lowest BCUT2D eigenvalue weighted by molar-refractivity contribution is 0.0380. The van der Waals surface area contributed by atoms with Gasteiger partial charge in [0.2, 0.25) is 0 Å². The Labute approximate surface area is 214 Å². The molecular weight excluding hydrogens is 471 g/mol. The van der Waals surface area contributed by atoms with Crippen molar-refractivity contribution in [3.63, 3.8) is 0 Å². The van der Waals surface area contributed by atoms with Crippen molar-refractivity contribution >= 4 is 34.5 Å². The minimum absolute atomic E-state index is 0.384. The van der Waals surface area contributed by atoms with Crippen molar-refractivity contribution < 1.29 is 4.74 Å². The molecule has 0 saturated carbocycles. The molecule has 182 valence electrons. The minimum atomic E-state index is 0.384. The van der Waals surface area contributed by atoms with Crippen LogP contribution in [-0.2, 0) is 11.3 Å². The second-order valence-electron chi connectivity index (χ2n) is 9.98. The summed E-state index contributed by atoms with van der Waals surface area (Å²) in [5.41, 5.74) is 2.67. The van der Waals surface area contributed by atoms with Crippen LogP contribution in [0.15, 0.2) is 35.0 Å². The Morgan fingerprint density at radius 2 is 1.91 bits per heavy atom. The van der Waals surface area contributed by atoms with Crippen LogP contribution in [-0.4, -0.2) is 54.7 Å². The van der Waals surface area contributed by atoms with Gasteiger partial charge in [0.25, 0.3) is 0 Å². The standard InChI is InChI=1S/C27H38Cl2N2OS/c1-4-32-19(2)13-21-7-10-31(11-8-21)20(3)25-16-30(17-26(25)23-9-12-33-18-23)15-22-5-6-24(28)14-27(22)29/h5-6,9,12,14,18-21,25-26H,4,7-8,10-11,13,15-17H2,1-3H3/t19?,20-,25?,26-/m1/s1. The van der Waals surface area contributed by atoms with Gasteiger partial charge in [-0.3, -0.25) is 4.90 Å². The van der Waals surface area contributed by atoms with E-state index in [1.54, 1.807) is 0 Å². The first-order valence-corrected chi connectivity index (χ1v) is 14.2. The zero-order valence-corrected chi connectivity index (χ0v) is 22.5. The molecule has 0 radical (unpaired) electrons. The number of rotatable bonds is 9. The van der Waals surface area contributed by atoms with Crippen LogP contribution in [0, 0.1) is 11.8 Å². The molecule has 3 heterocycles. The molecule has 0 N–H and O–H groups in total. The SMILES string of the molecule is CCOC(C)CC1CCN([C@H](C)C2CN(Cc3ccc(Cl)cc3Cl)C[C@@H]2c2ccsc2)CC1. The quantitative estimate of drug-likeness (QED) is 0.356. The van der Waals surface area contributed by atoms with Crippen LogP contribution in [0.1, 0.15) is 57.1 Å². The predicted octanol–water partition coefficient (Wildman–Crippen LogP) is 7.19. The van der Waals surface area contributed by atoms with Crippen LogP contribution in [0.3, 0.4) is 0 Å². The van der Waals surface area contributed by atoms with Gasteiger partial charge in [0.15, 0.2) is 0 Å². The number of thiophene rings is 1. The Morgan fingerprint density at radius 1 is 1.12 bits per heavy atom. The fourth-order valence-electron chi connectivity index (χ4n) is 5.95. The average Bonchev–Trinajstić information content (AvgIpc) is 3.46. The number of hydrogen-bond acceptors (Lipinski definition) is 4. The normalized spacial score (nSPS) is 24.9. The first-order chi connectivity index (χ1) is 15.9. The maximum Gasteiger partial charge on any atom is 0.0549 e. The van der Waals surface area contributed by atoms with E-state index in [4.69, 9.17) is 27.9 Å². The first-order valence-electron chi connectivity index (χ1n) is 12.5. The number of hydrogen-bond donors (Lipinski definition) is 0. The van der Waals surface area contributed by atoms with E-state index in [1.807, 2.05) is 23.5 Å². The summed E-state index contributed by atoms with van der Waals surface area (Å²) in [4.78, 5) is 5.35. The van der Waals surface area contributed by atoms with Crippen LogP contribution in [0.5, 0.6) is 0 Å². The molecule has 0 bridgehead atoms. The summed E-state index contributed by atoms with van der Waals surface area (Å²) in [7, 11) is 0. The molecule has 2 aliphatic heterocycles. The second kappa shape index (κ2) is 11.9. The molecule has 0 aliphatic carbocycles. The smallest absolute Gasteiger partial charge is 0.0549 e. The minimum Gasteiger partial charge on any atom is -0.379 e. The van der Waals surface area contributed by atoms with E-state index in [0.29, 0.717) is 29.0 Å². The summed E-state index contributed by atoms with van der Waals surface area (Å²) >= 11 is 14.4. The van der Waals surface area contributed by atoms with Crippen molar-refractivity contribution in [1.82, 2.24) is 9.80 Å². The Kier molecular flexibility index (Phi) is 9.17. The molecule has 1 aromatic carbocycles. The fraction of sp³-hybridized carbons (Fsp3) is 0.630. The Bertz CT molecular complexity index is 869. The van der Waals surface area contributed by atoms with Gasteiger partial charge >= 0.3 is 0 Å². The summed E-state index contributed by atoms with van der Waals surface area (Å²) in [5, 5.41) is 6.05. The summed E-state index contributed by atoms with van der Waals surface area (Å²) < 4.78 is 5.80. The lowest BCUT2D eigenvalue weighted by Crippen LogP contribution is -2.45. The number of halogens is 2. The van der Waals surface area contributed by atoms with Gasteiger partial charge in [-0.05, 0) is 105 Å². The van der Waals surface area contributed by atoms with Crippen LogP contribution < -0.4 is 0 Å². The van der Waals surface area contributed by atoms with Gasteiger partial charge in [0, 0.05) is 48.2 Å². The highest BCUT2D eigenvalue weighted by Gasteiger charge is 2.40. The van der Waals surface area contributed by atoms with Crippen molar-refractivity contribution in [2.45, 2.75) is 64.6 Å². The molecule has 2 unspecified atom stereocenters. The maximum atomic E-state index is 6.51. The molecule has 1 aromatic heterocycles. The molecule has 33 heavy (non-hydrogen) atoms. The van der Waals surface area contributed by atoms with Gasteiger partial charge in [-0.1, -0.05) is 29.3 Å². The van der Waals surface area contributed by atoms with Crippen molar-refractivity contribution in [2.75, 3.05) is 32.8 Å². The van der Waals surface area contributed by atoms with Crippen LogP contribution >= 0.6 is 34.5 Å². The monoisotopic (exact) mass is 508 g/mol. The Morgan fingerprint density at radius 3 is 2.58 bits per heavy atom. The van der Waals surface area contributed by atoms with E-state index in [1.165, 1.54) is 43.5 Å². The highest BCUT2D eigenvalue weighted by Crippen LogP contribution is 2.39. The number of likely N-dealkylation sites (tertiary alicyclic amines) is 2. The molecule has 2 aliphatic rings. The molecule has 2 saturated heterocycles. The Hall–Kier alpha value is -0.620. The van der Waals surface area contributed by atoms with Gasteiger partial charge in [0.05, 0.1) is 6.10 Å². The van der Waals surface area contributed by atoms with Gasteiger partial charge in [-0.15, -0.1) is 0 Å². The fourth-order valence-corrected chi connectivity index (χ4v) is 7.14. The van der Waals surface area contributed by atoms with Gasteiger partial charge in [-0.2, -0.15) is 11.3 Å². The van der Waals surface area contributed by atoms with Crippen LogP contribution in [0.4, 0.5) is 0 Å². The van der Waals surface area contributed by atoms with Crippen molar-refractivity contribution in [2.24, 2.45) is 11.8 Å².